The summed E-state index contributed by atoms with van der Waals surface area (Å²) in [7, 11) is 3.80. The second-order valence-corrected chi connectivity index (χ2v) is 13.9. The summed E-state index contributed by atoms with van der Waals surface area (Å²) in [4.78, 5) is 12.1. The Morgan fingerprint density at radius 2 is 1.00 bits per heavy atom. The summed E-state index contributed by atoms with van der Waals surface area (Å²) < 4.78 is 39.2. The van der Waals surface area contributed by atoms with Crippen LogP contribution in [0.15, 0.2) is 34.9 Å². The third kappa shape index (κ3) is 11.6. The summed E-state index contributed by atoms with van der Waals surface area (Å²) in [5, 5.41) is 74.2. The standard InChI is InChI=1S/C36H62O15/c1-12-16(2)13-18(4)30(48-35-28(42)24(38)26(40)33(46-10)50-35)20(6)15-21(7)31(19(5)14-17(3)23(37)22(8)32(44)45-9)49-36-29(43)25(39)27(41)34(47-11)51-36/h13-16,19-20,22-31,33-43H,12H2,1-11H3. The Bertz CT molecular complexity index is 1170. The topological polar surface area (TPSA) is 223 Å². The minimum atomic E-state index is -1.65. The van der Waals surface area contributed by atoms with Crippen molar-refractivity contribution in [3.63, 3.8) is 0 Å². The normalized spacial score (nSPS) is 35.4. The summed E-state index contributed by atoms with van der Waals surface area (Å²) in [6.07, 6.45) is -11.2. The molecule has 17 unspecified atom stereocenters. The Kier molecular flexibility index (Phi) is 18.3. The predicted molar refractivity (Wildman–Crippen MR) is 183 cm³/mol. The van der Waals surface area contributed by atoms with Gasteiger partial charge < -0.3 is 68.9 Å². The molecule has 0 aromatic heterocycles. The van der Waals surface area contributed by atoms with E-state index in [2.05, 4.69) is 0 Å². The van der Waals surface area contributed by atoms with E-state index in [1.54, 1.807) is 33.8 Å². The highest BCUT2D eigenvalue weighted by molar-refractivity contribution is 5.73. The third-order valence-electron chi connectivity index (χ3n) is 9.69. The SMILES string of the molecule is CCC(C)C=C(C)C(OC1OC(OC)C(O)C(O)C1O)C(C)C=C(C)C(OC1OC(OC)C(O)C(O)C1O)C(C)C=C(C)C(O)C(C)C(=O)OC. The predicted octanol–water partition coefficient (Wildman–Crippen LogP) is 0.907. The van der Waals surface area contributed by atoms with E-state index in [1.165, 1.54) is 21.3 Å². The maximum atomic E-state index is 12.1. The van der Waals surface area contributed by atoms with Gasteiger partial charge in [-0.05, 0) is 50.3 Å². The molecular formula is C36H62O15. The van der Waals surface area contributed by atoms with E-state index < -0.39 is 104 Å². The summed E-state index contributed by atoms with van der Waals surface area (Å²) in [5.41, 5.74) is 1.87. The molecule has 2 aliphatic heterocycles. The van der Waals surface area contributed by atoms with Crippen LogP contribution in [-0.4, -0.2) is 143 Å². The highest BCUT2D eigenvalue weighted by Crippen LogP contribution is 2.32. The molecule has 0 spiro atoms. The Morgan fingerprint density at radius 3 is 1.37 bits per heavy atom. The zero-order chi connectivity index (χ0) is 38.9. The number of esters is 1. The van der Waals surface area contributed by atoms with Crippen molar-refractivity contribution >= 4 is 5.97 Å². The van der Waals surface area contributed by atoms with Crippen LogP contribution in [0.5, 0.6) is 0 Å². The second kappa shape index (κ2) is 20.6. The van der Waals surface area contributed by atoms with Crippen molar-refractivity contribution in [1.82, 2.24) is 0 Å². The molecule has 51 heavy (non-hydrogen) atoms. The molecular weight excluding hydrogens is 672 g/mol. The van der Waals surface area contributed by atoms with Crippen LogP contribution < -0.4 is 0 Å². The number of methoxy groups -OCH3 is 3. The molecule has 0 aliphatic carbocycles. The fourth-order valence-electron chi connectivity index (χ4n) is 6.40. The molecule has 0 bridgehead atoms. The van der Waals surface area contributed by atoms with Crippen molar-refractivity contribution in [2.24, 2.45) is 23.7 Å². The average Bonchev–Trinajstić information content (AvgIpc) is 3.10. The fourth-order valence-corrected chi connectivity index (χ4v) is 6.40. The van der Waals surface area contributed by atoms with E-state index in [9.17, 15) is 40.5 Å². The smallest absolute Gasteiger partial charge is 0.311 e. The molecule has 0 radical (unpaired) electrons. The van der Waals surface area contributed by atoms with Crippen molar-refractivity contribution < 1.29 is 73.7 Å². The van der Waals surface area contributed by atoms with Crippen molar-refractivity contribution in [2.45, 2.75) is 142 Å². The van der Waals surface area contributed by atoms with E-state index >= 15 is 0 Å². The fraction of sp³-hybridized carbons (Fsp3) is 0.806. The molecule has 17 atom stereocenters. The van der Waals surface area contributed by atoms with Crippen LogP contribution in [0.4, 0.5) is 0 Å². The zero-order valence-electron chi connectivity index (χ0n) is 31.7. The molecule has 0 saturated carbocycles. The van der Waals surface area contributed by atoms with E-state index in [-0.39, 0.29) is 5.92 Å². The second-order valence-electron chi connectivity index (χ2n) is 13.9. The summed E-state index contributed by atoms with van der Waals surface area (Å²) >= 11 is 0. The van der Waals surface area contributed by atoms with Gasteiger partial charge in [0, 0.05) is 26.1 Å². The first-order valence-electron chi connectivity index (χ1n) is 17.4. The summed E-state index contributed by atoms with van der Waals surface area (Å²) in [5.74, 6) is -2.25. The van der Waals surface area contributed by atoms with Gasteiger partial charge in [0.25, 0.3) is 0 Å². The van der Waals surface area contributed by atoms with Crippen LogP contribution in [0.25, 0.3) is 0 Å². The molecule has 15 nitrogen and oxygen atoms in total. The van der Waals surface area contributed by atoms with Crippen LogP contribution in [-0.2, 0) is 38.0 Å². The molecule has 0 aromatic rings. The lowest BCUT2D eigenvalue weighted by atomic mass is 9.88. The number of aliphatic hydroxyl groups excluding tert-OH is 7. The van der Waals surface area contributed by atoms with Gasteiger partial charge in [-0.3, -0.25) is 4.79 Å². The van der Waals surface area contributed by atoms with E-state index in [1.807, 2.05) is 39.8 Å². The molecule has 2 saturated heterocycles. The number of aliphatic hydroxyl groups is 7. The lowest BCUT2D eigenvalue weighted by Gasteiger charge is -2.42. The Labute approximate surface area is 301 Å². The van der Waals surface area contributed by atoms with Crippen LogP contribution in [0.3, 0.4) is 0 Å². The largest absolute Gasteiger partial charge is 0.469 e. The molecule has 15 heteroatoms. The molecule has 7 N–H and O–H groups in total. The van der Waals surface area contributed by atoms with Crippen LogP contribution in [0, 0.1) is 23.7 Å². The summed E-state index contributed by atoms with van der Waals surface area (Å²) in [6.45, 7) is 14.6. The van der Waals surface area contributed by atoms with Gasteiger partial charge >= 0.3 is 5.97 Å². The summed E-state index contributed by atoms with van der Waals surface area (Å²) in [6, 6.07) is 0. The molecule has 2 rings (SSSR count). The van der Waals surface area contributed by atoms with Gasteiger partial charge in [-0.2, -0.15) is 0 Å². The van der Waals surface area contributed by atoms with Gasteiger partial charge in [0.05, 0.1) is 31.3 Å². The monoisotopic (exact) mass is 734 g/mol. The molecule has 2 fully saturated rings. The van der Waals surface area contributed by atoms with Gasteiger partial charge in [-0.15, -0.1) is 0 Å². The van der Waals surface area contributed by atoms with Crippen molar-refractivity contribution in [3.8, 4) is 0 Å². The molecule has 0 aromatic carbocycles. The lowest BCUT2D eigenvalue weighted by molar-refractivity contribution is -0.352. The maximum absolute atomic E-state index is 12.1. The molecule has 296 valence electrons. The van der Waals surface area contributed by atoms with Gasteiger partial charge in [0.15, 0.2) is 25.2 Å². The van der Waals surface area contributed by atoms with E-state index in [4.69, 9.17) is 33.2 Å². The Balaban J connectivity index is 2.58. The third-order valence-corrected chi connectivity index (χ3v) is 9.69. The van der Waals surface area contributed by atoms with E-state index in [0.717, 1.165) is 12.0 Å². The number of hydrogen-bond acceptors (Lipinski definition) is 15. The number of hydrogen-bond donors (Lipinski definition) is 7. The van der Waals surface area contributed by atoms with Gasteiger partial charge in [0.2, 0.25) is 0 Å². The maximum Gasteiger partial charge on any atom is 0.311 e. The number of rotatable bonds is 17. The van der Waals surface area contributed by atoms with Crippen LogP contribution in [0.2, 0.25) is 0 Å². The first-order valence-corrected chi connectivity index (χ1v) is 17.4. The Morgan fingerprint density at radius 1 is 0.627 bits per heavy atom. The molecule has 0 amide bonds. The lowest BCUT2D eigenvalue weighted by Crippen LogP contribution is -2.59. The number of carbonyl (C=O) groups excluding carboxylic acids is 1. The van der Waals surface area contributed by atoms with Gasteiger partial charge in [-0.1, -0.05) is 52.3 Å². The van der Waals surface area contributed by atoms with Gasteiger partial charge in [-0.25, -0.2) is 0 Å². The number of ether oxygens (including phenoxy) is 7. The first-order chi connectivity index (χ1) is 23.8. The molecule has 2 heterocycles. The van der Waals surface area contributed by atoms with Gasteiger partial charge in [0.1, 0.15) is 36.6 Å². The zero-order valence-corrected chi connectivity index (χ0v) is 31.7. The van der Waals surface area contributed by atoms with Crippen molar-refractivity contribution in [1.29, 1.82) is 0 Å². The quantitative estimate of drug-likeness (QED) is 0.0815. The number of carbonyl (C=O) groups is 1. The number of allylic oxidation sites excluding steroid dienone is 1. The highest BCUT2D eigenvalue weighted by atomic mass is 16.8. The highest BCUT2D eigenvalue weighted by Gasteiger charge is 2.47. The Hall–Kier alpha value is -1.83. The van der Waals surface area contributed by atoms with Crippen LogP contribution in [0.1, 0.15) is 61.8 Å². The first kappa shape index (κ1) is 45.3. The van der Waals surface area contributed by atoms with Crippen molar-refractivity contribution in [3.05, 3.63) is 34.9 Å². The minimum Gasteiger partial charge on any atom is -0.469 e. The van der Waals surface area contributed by atoms with E-state index in [0.29, 0.717) is 11.1 Å². The molecule has 2 aliphatic rings. The van der Waals surface area contributed by atoms with Crippen molar-refractivity contribution in [2.75, 3.05) is 21.3 Å². The van der Waals surface area contributed by atoms with Crippen LogP contribution >= 0.6 is 0 Å². The minimum absolute atomic E-state index is 0.174. The average molecular weight is 735 g/mol.